The summed E-state index contributed by atoms with van der Waals surface area (Å²) in [7, 11) is 0. The van der Waals surface area contributed by atoms with Gasteiger partial charge in [0.25, 0.3) is 0 Å². The van der Waals surface area contributed by atoms with Gasteiger partial charge in [0, 0.05) is 6.04 Å². The van der Waals surface area contributed by atoms with Gasteiger partial charge in [-0.1, -0.05) is 33.1 Å². The molecule has 2 saturated carbocycles. The van der Waals surface area contributed by atoms with Crippen molar-refractivity contribution in [3.05, 3.63) is 0 Å². The lowest BCUT2D eigenvalue weighted by atomic mass is 9.82. The summed E-state index contributed by atoms with van der Waals surface area (Å²) in [5.41, 5.74) is 0. The number of carboxylic acids is 1. The number of rotatable bonds is 4. The molecular formula is C16H27NO3. The molecule has 0 heterocycles. The standard InChI is InChI=1S/C16H27NO3/c1-3-11-6-4-5-7-14(11)17-15(18)12-8-10(2)9-13(12)16(19)20/h10-14H,3-9H2,1-2H3,(H,17,18)(H,19,20). The van der Waals surface area contributed by atoms with Crippen LogP contribution in [0.3, 0.4) is 0 Å². The predicted octanol–water partition coefficient (Wildman–Crippen LogP) is 2.82. The van der Waals surface area contributed by atoms with Crippen LogP contribution in [-0.2, 0) is 9.59 Å². The lowest BCUT2D eigenvalue weighted by molar-refractivity contribution is -0.146. The Kier molecular flexibility index (Phi) is 5.06. The van der Waals surface area contributed by atoms with Crippen LogP contribution in [0.4, 0.5) is 0 Å². The molecule has 0 aliphatic heterocycles. The molecule has 0 radical (unpaired) electrons. The number of amides is 1. The van der Waals surface area contributed by atoms with Crippen LogP contribution >= 0.6 is 0 Å². The molecule has 4 heteroatoms. The monoisotopic (exact) mass is 281 g/mol. The molecule has 0 saturated heterocycles. The maximum atomic E-state index is 12.5. The summed E-state index contributed by atoms with van der Waals surface area (Å²) in [5.74, 6) is -0.761. The highest BCUT2D eigenvalue weighted by Gasteiger charge is 2.42. The van der Waals surface area contributed by atoms with Gasteiger partial charge in [-0.3, -0.25) is 9.59 Å². The van der Waals surface area contributed by atoms with Crippen molar-refractivity contribution in [3.63, 3.8) is 0 Å². The van der Waals surface area contributed by atoms with Gasteiger partial charge in [0.2, 0.25) is 5.91 Å². The molecule has 114 valence electrons. The predicted molar refractivity (Wildman–Crippen MR) is 77.2 cm³/mol. The average Bonchev–Trinajstić information content (AvgIpc) is 2.82. The molecule has 5 unspecified atom stereocenters. The van der Waals surface area contributed by atoms with Crippen molar-refractivity contribution in [3.8, 4) is 0 Å². The molecule has 1 amide bonds. The Labute approximate surface area is 121 Å². The minimum atomic E-state index is -0.815. The second kappa shape index (κ2) is 6.59. The molecule has 2 N–H and O–H groups in total. The number of carbonyl (C=O) groups excluding carboxylic acids is 1. The fraction of sp³-hybridized carbons (Fsp3) is 0.875. The second-order valence-corrected chi connectivity index (χ2v) is 6.70. The Morgan fingerprint density at radius 3 is 2.45 bits per heavy atom. The molecule has 2 rings (SSSR count). The smallest absolute Gasteiger partial charge is 0.307 e. The van der Waals surface area contributed by atoms with Gasteiger partial charge >= 0.3 is 5.97 Å². The van der Waals surface area contributed by atoms with Crippen molar-refractivity contribution in [1.82, 2.24) is 5.32 Å². The van der Waals surface area contributed by atoms with Gasteiger partial charge in [0.1, 0.15) is 0 Å². The van der Waals surface area contributed by atoms with E-state index in [4.69, 9.17) is 0 Å². The third kappa shape index (κ3) is 3.33. The largest absolute Gasteiger partial charge is 0.481 e. The van der Waals surface area contributed by atoms with Crippen molar-refractivity contribution >= 4 is 11.9 Å². The van der Waals surface area contributed by atoms with E-state index in [0.717, 1.165) is 12.8 Å². The van der Waals surface area contributed by atoms with E-state index in [2.05, 4.69) is 12.2 Å². The molecular weight excluding hydrogens is 254 g/mol. The van der Waals surface area contributed by atoms with Crippen LogP contribution in [-0.4, -0.2) is 23.0 Å². The van der Waals surface area contributed by atoms with Gasteiger partial charge in [-0.15, -0.1) is 0 Å². The number of carboxylic acid groups (broad SMARTS) is 1. The minimum Gasteiger partial charge on any atom is -0.481 e. The molecule has 20 heavy (non-hydrogen) atoms. The average molecular weight is 281 g/mol. The van der Waals surface area contributed by atoms with Crippen LogP contribution in [0.5, 0.6) is 0 Å². The number of hydrogen-bond donors (Lipinski definition) is 2. The highest BCUT2D eigenvalue weighted by Crippen LogP contribution is 2.37. The van der Waals surface area contributed by atoms with Crippen molar-refractivity contribution in [1.29, 1.82) is 0 Å². The summed E-state index contributed by atoms with van der Waals surface area (Å²) in [4.78, 5) is 23.8. The Morgan fingerprint density at radius 2 is 1.80 bits per heavy atom. The lowest BCUT2D eigenvalue weighted by Crippen LogP contribution is -2.45. The van der Waals surface area contributed by atoms with Crippen molar-refractivity contribution in [2.75, 3.05) is 0 Å². The van der Waals surface area contributed by atoms with Crippen molar-refractivity contribution < 1.29 is 14.7 Å². The van der Waals surface area contributed by atoms with Crippen LogP contribution in [0.15, 0.2) is 0 Å². The summed E-state index contributed by atoms with van der Waals surface area (Å²) >= 11 is 0. The fourth-order valence-corrected chi connectivity index (χ4v) is 4.03. The summed E-state index contributed by atoms with van der Waals surface area (Å²) < 4.78 is 0. The Morgan fingerprint density at radius 1 is 1.15 bits per heavy atom. The van der Waals surface area contributed by atoms with Crippen LogP contribution in [0.1, 0.15) is 58.8 Å². The normalized spacial score (nSPS) is 37.6. The summed E-state index contributed by atoms with van der Waals surface area (Å²) in [6.07, 6.45) is 7.10. The first kappa shape index (κ1) is 15.3. The number of carbonyl (C=O) groups is 2. The minimum absolute atomic E-state index is 0.0212. The quantitative estimate of drug-likeness (QED) is 0.832. The van der Waals surface area contributed by atoms with Crippen molar-refractivity contribution in [2.24, 2.45) is 23.7 Å². The number of aliphatic carboxylic acids is 1. The van der Waals surface area contributed by atoms with E-state index in [9.17, 15) is 14.7 Å². The molecule has 0 bridgehead atoms. The molecule has 0 aromatic heterocycles. The first-order valence-electron chi connectivity index (χ1n) is 8.06. The highest BCUT2D eigenvalue weighted by atomic mass is 16.4. The zero-order chi connectivity index (χ0) is 14.7. The van der Waals surface area contributed by atoms with E-state index in [1.807, 2.05) is 6.92 Å². The summed E-state index contributed by atoms with van der Waals surface area (Å²) in [6, 6.07) is 0.256. The third-order valence-corrected chi connectivity index (χ3v) is 5.21. The maximum absolute atomic E-state index is 12.5. The SMILES string of the molecule is CCC1CCCCC1NC(=O)C1CC(C)CC1C(=O)O. The topological polar surface area (TPSA) is 66.4 Å². The molecule has 5 atom stereocenters. The van der Waals surface area contributed by atoms with E-state index in [1.165, 1.54) is 19.3 Å². The Bertz CT molecular complexity index is 369. The van der Waals surface area contributed by atoms with Gasteiger partial charge < -0.3 is 10.4 Å². The number of nitrogens with one attached hydrogen (secondary N) is 1. The van der Waals surface area contributed by atoms with Gasteiger partial charge in [-0.05, 0) is 37.5 Å². The molecule has 0 aromatic rings. The molecule has 2 fully saturated rings. The molecule has 0 aromatic carbocycles. The van der Waals surface area contributed by atoms with E-state index in [0.29, 0.717) is 24.7 Å². The first-order chi connectivity index (χ1) is 9.52. The van der Waals surface area contributed by atoms with Crippen LogP contribution in [0.2, 0.25) is 0 Å². The Balaban J connectivity index is 1.98. The van der Waals surface area contributed by atoms with Crippen LogP contribution < -0.4 is 5.32 Å². The lowest BCUT2D eigenvalue weighted by Gasteiger charge is -2.32. The van der Waals surface area contributed by atoms with Crippen LogP contribution in [0.25, 0.3) is 0 Å². The summed E-state index contributed by atoms with van der Waals surface area (Å²) in [5, 5.41) is 12.4. The van der Waals surface area contributed by atoms with Gasteiger partial charge in [0.15, 0.2) is 0 Å². The Hall–Kier alpha value is -1.06. The third-order valence-electron chi connectivity index (χ3n) is 5.21. The summed E-state index contributed by atoms with van der Waals surface area (Å²) in [6.45, 7) is 4.21. The molecule has 2 aliphatic rings. The first-order valence-corrected chi connectivity index (χ1v) is 8.06. The van der Waals surface area contributed by atoms with Gasteiger partial charge in [-0.2, -0.15) is 0 Å². The van der Waals surface area contributed by atoms with Gasteiger partial charge in [-0.25, -0.2) is 0 Å². The van der Waals surface area contributed by atoms with E-state index in [1.54, 1.807) is 0 Å². The number of hydrogen-bond acceptors (Lipinski definition) is 2. The van der Waals surface area contributed by atoms with E-state index >= 15 is 0 Å². The fourth-order valence-electron chi connectivity index (χ4n) is 4.03. The van der Waals surface area contributed by atoms with Gasteiger partial charge in [0.05, 0.1) is 11.8 Å². The molecule has 0 spiro atoms. The van der Waals surface area contributed by atoms with Crippen LogP contribution in [0, 0.1) is 23.7 Å². The molecule has 2 aliphatic carbocycles. The van der Waals surface area contributed by atoms with Crippen molar-refractivity contribution in [2.45, 2.75) is 64.8 Å². The second-order valence-electron chi connectivity index (χ2n) is 6.70. The zero-order valence-corrected chi connectivity index (χ0v) is 12.6. The van der Waals surface area contributed by atoms with E-state index < -0.39 is 11.9 Å². The zero-order valence-electron chi connectivity index (χ0n) is 12.6. The highest BCUT2D eigenvalue weighted by molar-refractivity contribution is 5.85. The maximum Gasteiger partial charge on any atom is 0.307 e. The molecule has 4 nitrogen and oxygen atoms in total. The van der Waals surface area contributed by atoms with E-state index in [-0.39, 0.29) is 17.9 Å².